The minimum Gasteiger partial charge on any atom is -0.496 e. The quantitative estimate of drug-likeness (QED) is 0.737. The summed E-state index contributed by atoms with van der Waals surface area (Å²) in [6, 6.07) is 3.49. The van der Waals surface area contributed by atoms with Gasteiger partial charge < -0.3 is 15.6 Å². The van der Waals surface area contributed by atoms with Gasteiger partial charge in [-0.05, 0) is 18.2 Å². The second kappa shape index (κ2) is 4.06. The number of aliphatic hydroxyl groups is 1. The third-order valence-electron chi connectivity index (χ3n) is 1.76. The Bertz CT molecular complexity index is 354. The van der Waals surface area contributed by atoms with E-state index < -0.39 is 17.8 Å². The van der Waals surface area contributed by atoms with Gasteiger partial charge in [0, 0.05) is 5.56 Å². The zero-order valence-electron chi connectivity index (χ0n) is 7.53. The Balaban J connectivity index is 3.16. The van der Waals surface area contributed by atoms with E-state index in [4.69, 9.17) is 10.5 Å². The monoisotopic (exact) mass is 199 g/mol. The molecule has 4 nitrogen and oxygen atoms in total. The van der Waals surface area contributed by atoms with Crippen LogP contribution in [0.25, 0.3) is 0 Å². The van der Waals surface area contributed by atoms with Crippen LogP contribution in [0.4, 0.5) is 4.39 Å². The van der Waals surface area contributed by atoms with Crippen molar-refractivity contribution in [1.82, 2.24) is 0 Å². The summed E-state index contributed by atoms with van der Waals surface area (Å²) in [6.45, 7) is 0. The van der Waals surface area contributed by atoms with Crippen LogP contribution in [0.5, 0.6) is 5.75 Å². The van der Waals surface area contributed by atoms with Gasteiger partial charge in [-0.2, -0.15) is 0 Å². The zero-order valence-corrected chi connectivity index (χ0v) is 7.53. The van der Waals surface area contributed by atoms with E-state index >= 15 is 0 Å². The van der Waals surface area contributed by atoms with E-state index in [0.717, 1.165) is 12.1 Å². The summed E-state index contributed by atoms with van der Waals surface area (Å²) in [6.07, 6.45) is -1.55. The van der Waals surface area contributed by atoms with E-state index in [-0.39, 0.29) is 11.3 Å². The van der Waals surface area contributed by atoms with E-state index in [9.17, 15) is 14.3 Å². The maximum atomic E-state index is 12.8. The topological polar surface area (TPSA) is 72.6 Å². The van der Waals surface area contributed by atoms with Crippen LogP contribution in [0.3, 0.4) is 0 Å². The molecule has 0 aliphatic carbocycles. The average Bonchev–Trinajstić information content (AvgIpc) is 2.16. The maximum Gasteiger partial charge on any atom is 0.251 e. The lowest BCUT2D eigenvalue weighted by molar-refractivity contribution is -0.126. The summed E-state index contributed by atoms with van der Waals surface area (Å²) in [5.74, 6) is -1.30. The van der Waals surface area contributed by atoms with Gasteiger partial charge in [0.15, 0.2) is 6.10 Å². The van der Waals surface area contributed by atoms with Crippen molar-refractivity contribution >= 4 is 5.91 Å². The summed E-state index contributed by atoms with van der Waals surface area (Å²) in [4.78, 5) is 10.7. The predicted molar refractivity (Wildman–Crippen MR) is 47.1 cm³/mol. The lowest BCUT2D eigenvalue weighted by Gasteiger charge is -2.11. The van der Waals surface area contributed by atoms with Crippen LogP contribution >= 0.6 is 0 Å². The number of hydrogen-bond donors (Lipinski definition) is 2. The Labute approximate surface area is 80.1 Å². The summed E-state index contributed by atoms with van der Waals surface area (Å²) in [7, 11) is 1.35. The summed E-state index contributed by atoms with van der Waals surface area (Å²) in [5.41, 5.74) is 4.90. The van der Waals surface area contributed by atoms with Crippen LogP contribution in [0.1, 0.15) is 11.7 Å². The SMILES string of the molecule is COc1ccc(F)cc1C(O)C(N)=O. The average molecular weight is 199 g/mol. The zero-order chi connectivity index (χ0) is 10.7. The molecule has 0 heterocycles. The van der Waals surface area contributed by atoms with Crippen LogP contribution < -0.4 is 10.5 Å². The number of amides is 1. The highest BCUT2D eigenvalue weighted by atomic mass is 19.1. The van der Waals surface area contributed by atoms with Gasteiger partial charge in [0.1, 0.15) is 11.6 Å². The van der Waals surface area contributed by atoms with Crippen molar-refractivity contribution < 1.29 is 19.0 Å². The number of benzene rings is 1. The molecule has 76 valence electrons. The lowest BCUT2D eigenvalue weighted by atomic mass is 10.1. The second-order valence-electron chi connectivity index (χ2n) is 2.69. The number of hydrogen-bond acceptors (Lipinski definition) is 3. The summed E-state index contributed by atoms with van der Waals surface area (Å²) < 4.78 is 17.6. The molecule has 1 atom stereocenters. The van der Waals surface area contributed by atoms with Crippen LogP contribution in [0, 0.1) is 5.82 Å². The highest BCUT2D eigenvalue weighted by Crippen LogP contribution is 2.25. The van der Waals surface area contributed by atoms with Crippen LogP contribution in [0.2, 0.25) is 0 Å². The summed E-state index contributed by atoms with van der Waals surface area (Å²) >= 11 is 0. The second-order valence-corrected chi connectivity index (χ2v) is 2.69. The molecular weight excluding hydrogens is 189 g/mol. The van der Waals surface area contributed by atoms with E-state index in [1.807, 2.05) is 0 Å². The molecule has 0 spiro atoms. The summed E-state index contributed by atoms with van der Waals surface area (Å²) in [5, 5.41) is 9.31. The minimum absolute atomic E-state index is 0.0278. The first-order chi connectivity index (χ1) is 6.56. The fourth-order valence-electron chi connectivity index (χ4n) is 1.07. The molecule has 1 rings (SSSR count). The van der Waals surface area contributed by atoms with Crippen molar-refractivity contribution in [3.8, 4) is 5.75 Å². The molecule has 0 bridgehead atoms. The lowest BCUT2D eigenvalue weighted by Crippen LogP contribution is -2.21. The predicted octanol–water partition coefficient (Wildman–Crippen LogP) is 0.353. The standard InChI is InChI=1S/C9H10FNO3/c1-14-7-3-2-5(10)4-6(7)8(12)9(11)13/h2-4,8,12H,1H3,(H2,11,13). The molecule has 0 saturated carbocycles. The van der Waals surface area contributed by atoms with Gasteiger partial charge in [-0.3, -0.25) is 4.79 Å². The number of halogens is 1. The van der Waals surface area contributed by atoms with E-state index in [1.165, 1.54) is 13.2 Å². The number of carbonyl (C=O) groups excluding carboxylic acids is 1. The number of ether oxygens (including phenoxy) is 1. The molecule has 0 saturated heterocycles. The van der Waals surface area contributed by atoms with Crippen molar-refractivity contribution in [2.24, 2.45) is 5.73 Å². The smallest absolute Gasteiger partial charge is 0.251 e. The van der Waals surface area contributed by atoms with E-state index in [0.29, 0.717) is 0 Å². The highest BCUT2D eigenvalue weighted by molar-refractivity contribution is 5.80. The number of aliphatic hydroxyl groups excluding tert-OH is 1. The van der Waals surface area contributed by atoms with Gasteiger partial charge in [0.2, 0.25) is 0 Å². The molecule has 1 aromatic carbocycles. The number of carbonyl (C=O) groups is 1. The fourth-order valence-corrected chi connectivity index (χ4v) is 1.07. The molecule has 1 unspecified atom stereocenters. The molecule has 5 heteroatoms. The first-order valence-corrected chi connectivity index (χ1v) is 3.87. The first-order valence-electron chi connectivity index (χ1n) is 3.87. The number of methoxy groups -OCH3 is 1. The Morgan fingerprint density at radius 1 is 1.64 bits per heavy atom. The molecule has 0 fully saturated rings. The normalized spacial score (nSPS) is 12.2. The molecule has 0 radical (unpaired) electrons. The van der Waals surface area contributed by atoms with Crippen molar-refractivity contribution in [1.29, 1.82) is 0 Å². The maximum absolute atomic E-state index is 12.8. The van der Waals surface area contributed by atoms with Gasteiger partial charge in [0.25, 0.3) is 5.91 Å². The molecule has 14 heavy (non-hydrogen) atoms. The number of rotatable bonds is 3. The van der Waals surface area contributed by atoms with Crippen molar-refractivity contribution in [2.75, 3.05) is 7.11 Å². The van der Waals surface area contributed by atoms with E-state index in [1.54, 1.807) is 0 Å². The Morgan fingerprint density at radius 2 is 2.29 bits per heavy atom. The van der Waals surface area contributed by atoms with Crippen molar-refractivity contribution in [3.05, 3.63) is 29.6 Å². The molecule has 3 N–H and O–H groups in total. The van der Waals surface area contributed by atoms with Crippen molar-refractivity contribution in [3.63, 3.8) is 0 Å². The largest absolute Gasteiger partial charge is 0.496 e. The Morgan fingerprint density at radius 3 is 2.79 bits per heavy atom. The molecule has 0 aromatic heterocycles. The van der Waals surface area contributed by atoms with Crippen molar-refractivity contribution in [2.45, 2.75) is 6.10 Å². The molecule has 0 aliphatic rings. The molecule has 1 amide bonds. The van der Waals surface area contributed by atoms with Gasteiger partial charge in [-0.15, -0.1) is 0 Å². The van der Waals surface area contributed by atoms with Gasteiger partial charge in [-0.25, -0.2) is 4.39 Å². The van der Waals surface area contributed by atoms with Gasteiger partial charge in [0.05, 0.1) is 7.11 Å². The molecular formula is C9H10FNO3. The third-order valence-corrected chi connectivity index (χ3v) is 1.76. The van der Waals surface area contributed by atoms with Gasteiger partial charge >= 0.3 is 0 Å². The first kappa shape index (κ1) is 10.5. The van der Waals surface area contributed by atoms with E-state index in [2.05, 4.69) is 0 Å². The number of primary amides is 1. The Kier molecular flexibility index (Phi) is 3.03. The number of nitrogens with two attached hydrogens (primary N) is 1. The molecule has 1 aromatic rings. The fraction of sp³-hybridized carbons (Fsp3) is 0.222. The van der Waals surface area contributed by atoms with Crippen LogP contribution in [-0.4, -0.2) is 18.1 Å². The minimum atomic E-state index is -1.55. The molecule has 0 aliphatic heterocycles. The third kappa shape index (κ3) is 2.00. The highest BCUT2D eigenvalue weighted by Gasteiger charge is 2.18. The Hall–Kier alpha value is -1.62. The van der Waals surface area contributed by atoms with Crippen LogP contribution in [0.15, 0.2) is 18.2 Å². The van der Waals surface area contributed by atoms with Crippen LogP contribution in [-0.2, 0) is 4.79 Å². The van der Waals surface area contributed by atoms with Gasteiger partial charge in [-0.1, -0.05) is 0 Å².